The summed E-state index contributed by atoms with van der Waals surface area (Å²) in [6.45, 7) is 14.3. The highest BCUT2D eigenvalue weighted by atomic mass is 28.3. The standard InChI is InChI=1S/C37H49BN4O4Si/c1-26-20-32-30(33(38)21-26)8-6-7-9-34(32)41-16-14-40(15-17-41)28-10-11-31(37(43)44-2)35(23-28)46-29-22-27-12-13-42(36(27)39-24-29)25-45-18-19-47(3,4)5/h10-13,20-24,34H,6-9,14-19,25,38H2,1-5H3. The molecule has 0 amide bonds. The van der Waals surface area contributed by atoms with Crippen molar-refractivity contribution < 1.29 is 19.0 Å². The van der Waals surface area contributed by atoms with Crippen LogP contribution in [0.2, 0.25) is 25.7 Å². The third-order valence-corrected chi connectivity index (χ3v) is 11.4. The molecule has 1 fully saturated rings. The first-order chi connectivity index (χ1) is 22.6. The van der Waals surface area contributed by atoms with E-state index < -0.39 is 14.0 Å². The predicted octanol–water partition coefficient (Wildman–Crippen LogP) is 6.08. The number of hydrogen-bond acceptors (Lipinski definition) is 7. The molecule has 1 saturated heterocycles. The Morgan fingerprint density at radius 1 is 1.04 bits per heavy atom. The highest BCUT2D eigenvalue weighted by Crippen LogP contribution is 2.36. The van der Waals surface area contributed by atoms with Crippen LogP contribution in [-0.4, -0.2) is 76.2 Å². The minimum atomic E-state index is -1.14. The van der Waals surface area contributed by atoms with E-state index in [1.54, 1.807) is 17.3 Å². The van der Waals surface area contributed by atoms with E-state index in [1.165, 1.54) is 43.8 Å². The van der Waals surface area contributed by atoms with Gasteiger partial charge in [0.15, 0.2) is 0 Å². The molecule has 8 nitrogen and oxygen atoms in total. The lowest BCUT2D eigenvalue weighted by Gasteiger charge is -2.41. The number of aryl methyl sites for hydroxylation is 1. The number of ether oxygens (including phenoxy) is 3. The number of benzene rings is 2. The van der Waals surface area contributed by atoms with Gasteiger partial charge in [-0.25, -0.2) is 9.78 Å². The van der Waals surface area contributed by atoms with Crippen LogP contribution in [0.1, 0.15) is 52.4 Å². The normalized spacial score (nSPS) is 17.4. The minimum Gasteiger partial charge on any atom is -0.465 e. The Labute approximate surface area is 281 Å². The van der Waals surface area contributed by atoms with E-state index in [1.807, 2.05) is 41.1 Å². The number of nitrogens with zero attached hydrogens (tertiary/aromatic N) is 4. The van der Waals surface area contributed by atoms with E-state index in [9.17, 15) is 4.79 Å². The zero-order valence-corrected chi connectivity index (χ0v) is 30.0. The van der Waals surface area contributed by atoms with Crippen LogP contribution in [0.15, 0.2) is 54.9 Å². The molecular weight excluding hydrogens is 603 g/mol. The second-order valence-corrected chi connectivity index (χ2v) is 20.0. The number of fused-ring (bicyclic) bond motifs is 2. The maximum Gasteiger partial charge on any atom is 0.341 e. The summed E-state index contributed by atoms with van der Waals surface area (Å²) in [6.07, 6.45) is 8.65. The van der Waals surface area contributed by atoms with Crippen LogP contribution in [0, 0.1) is 6.92 Å². The summed E-state index contributed by atoms with van der Waals surface area (Å²) in [4.78, 5) is 22.5. The molecule has 2 aliphatic rings. The topological polar surface area (TPSA) is 69.1 Å². The molecule has 2 aromatic carbocycles. The molecule has 1 aliphatic heterocycles. The molecule has 2 aromatic heterocycles. The van der Waals surface area contributed by atoms with Crippen LogP contribution in [0.5, 0.6) is 11.5 Å². The van der Waals surface area contributed by atoms with Crippen LogP contribution in [0.3, 0.4) is 0 Å². The van der Waals surface area contributed by atoms with Crippen molar-refractivity contribution in [2.75, 3.05) is 44.8 Å². The molecule has 10 heteroatoms. The van der Waals surface area contributed by atoms with Gasteiger partial charge < -0.3 is 23.7 Å². The molecular formula is C37H49BN4O4Si. The molecule has 47 heavy (non-hydrogen) atoms. The van der Waals surface area contributed by atoms with Crippen LogP contribution >= 0.6 is 0 Å². The average Bonchev–Trinajstić information content (AvgIpc) is 3.32. The number of piperazine rings is 1. The molecule has 0 spiro atoms. The second kappa shape index (κ2) is 14.3. The Bertz CT molecular complexity index is 1730. The van der Waals surface area contributed by atoms with Gasteiger partial charge in [-0.05, 0) is 67.6 Å². The average molecular weight is 653 g/mol. The van der Waals surface area contributed by atoms with Crippen molar-refractivity contribution in [2.24, 2.45) is 0 Å². The molecule has 0 N–H and O–H groups in total. The number of esters is 1. The van der Waals surface area contributed by atoms with Crippen molar-refractivity contribution in [3.05, 3.63) is 77.1 Å². The summed E-state index contributed by atoms with van der Waals surface area (Å²) in [6, 6.07) is 16.1. The van der Waals surface area contributed by atoms with Gasteiger partial charge in [0.1, 0.15) is 37.3 Å². The number of carbonyl (C=O) groups excluding carboxylic acids is 1. The summed E-state index contributed by atoms with van der Waals surface area (Å²) in [5, 5.41) is 0.952. The fourth-order valence-electron chi connectivity index (χ4n) is 7.09. The van der Waals surface area contributed by atoms with Gasteiger partial charge >= 0.3 is 5.97 Å². The first-order valence-corrected chi connectivity index (χ1v) is 20.8. The number of carbonyl (C=O) groups is 1. The van der Waals surface area contributed by atoms with Gasteiger partial charge in [0.25, 0.3) is 0 Å². The Balaban J connectivity index is 1.16. The molecule has 0 saturated carbocycles. The number of rotatable bonds is 10. The van der Waals surface area contributed by atoms with E-state index >= 15 is 0 Å². The van der Waals surface area contributed by atoms with Crippen molar-refractivity contribution in [1.82, 2.24) is 14.5 Å². The van der Waals surface area contributed by atoms with Gasteiger partial charge in [-0.2, -0.15) is 0 Å². The van der Waals surface area contributed by atoms with E-state index in [4.69, 9.17) is 19.2 Å². The lowest BCUT2D eigenvalue weighted by atomic mass is 9.83. The van der Waals surface area contributed by atoms with E-state index in [0.717, 1.165) is 55.6 Å². The zero-order valence-electron chi connectivity index (χ0n) is 29.0. The summed E-state index contributed by atoms with van der Waals surface area (Å²) >= 11 is 0. The Morgan fingerprint density at radius 2 is 1.85 bits per heavy atom. The Morgan fingerprint density at radius 3 is 2.62 bits per heavy atom. The Kier molecular flexibility index (Phi) is 10.1. The number of pyridine rings is 1. The lowest BCUT2D eigenvalue weighted by Crippen LogP contribution is -2.48. The van der Waals surface area contributed by atoms with Gasteiger partial charge in [0, 0.05) is 70.2 Å². The number of hydrogen-bond donors (Lipinski definition) is 0. The number of anilines is 1. The van der Waals surface area contributed by atoms with Crippen molar-refractivity contribution in [3.8, 4) is 11.5 Å². The van der Waals surface area contributed by atoms with Crippen LogP contribution in [0.25, 0.3) is 11.0 Å². The molecule has 6 rings (SSSR count). The summed E-state index contributed by atoms with van der Waals surface area (Å²) in [7, 11) is 2.54. The number of aromatic nitrogens is 2. The Hall–Kier alpha value is -3.60. The minimum absolute atomic E-state index is 0.393. The molecule has 0 bridgehead atoms. The monoisotopic (exact) mass is 652 g/mol. The van der Waals surface area contributed by atoms with E-state index in [0.29, 0.717) is 29.8 Å². The van der Waals surface area contributed by atoms with Gasteiger partial charge in [0.05, 0.1) is 13.3 Å². The van der Waals surface area contributed by atoms with E-state index in [-0.39, 0.29) is 0 Å². The van der Waals surface area contributed by atoms with Gasteiger partial charge in [0.2, 0.25) is 0 Å². The zero-order chi connectivity index (χ0) is 33.1. The first kappa shape index (κ1) is 33.3. The maximum atomic E-state index is 12.8. The third-order valence-electron chi connectivity index (χ3n) is 9.69. The first-order valence-electron chi connectivity index (χ1n) is 17.1. The van der Waals surface area contributed by atoms with Gasteiger partial charge in [-0.1, -0.05) is 49.2 Å². The second-order valence-electron chi connectivity index (χ2n) is 14.4. The lowest BCUT2D eigenvalue weighted by molar-refractivity contribution is 0.0598. The quantitative estimate of drug-likeness (QED) is 0.0890. The predicted molar refractivity (Wildman–Crippen MR) is 195 cm³/mol. The SMILES string of the molecule is Bc1cc(C)cc2c1CCCCC2N1CCN(c2ccc(C(=O)OC)c(Oc3cnc4c(ccn4COCC[Si](C)(C)C)c3)c2)CC1. The van der Waals surface area contributed by atoms with Crippen molar-refractivity contribution >= 4 is 44.1 Å². The van der Waals surface area contributed by atoms with Crippen molar-refractivity contribution in [2.45, 2.75) is 71.1 Å². The van der Waals surface area contributed by atoms with Crippen LogP contribution in [-0.2, 0) is 22.6 Å². The van der Waals surface area contributed by atoms with Crippen LogP contribution in [0.4, 0.5) is 5.69 Å². The van der Waals surface area contributed by atoms with E-state index in [2.05, 4.69) is 56.3 Å². The van der Waals surface area contributed by atoms with Gasteiger partial charge in [-0.15, -0.1) is 0 Å². The largest absolute Gasteiger partial charge is 0.465 e. The van der Waals surface area contributed by atoms with Crippen molar-refractivity contribution in [3.63, 3.8) is 0 Å². The molecule has 0 radical (unpaired) electrons. The molecule has 4 aromatic rings. The third kappa shape index (κ3) is 7.77. The van der Waals surface area contributed by atoms with Crippen molar-refractivity contribution in [1.29, 1.82) is 0 Å². The molecule has 1 aliphatic carbocycles. The molecule has 3 heterocycles. The highest BCUT2D eigenvalue weighted by molar-refractivity contribution is 6.76. The summed E-state index contributed by atoms with van der Waals surface area (Å²) < 4.78 is 19.4. The van der Waals surface area contributed by atoms with Crippen LogP contribution < -0.4 is 15.1 Å². The molecule has 1 atom stereocenters. The number of methoxy groups -OCH3 is 1. The van der Waals surface area contributed by atoms with Gasteiger partial charge in [-0.3, -0.25) is 4.90 Å². The molecule has 1 unspecified atom stereocenters. The molecule has 248 valence electrons. The highest BCUT2D eigenvalue weighted by Gasteiger charge is 2.29. The summed E-state index contributed by atoms with van der Waals surface area (Å²) in [5.74, 6) is 0.611. The fourth-order valence-corrected chi connectivity index (χ4v) is 7.85. The maximum absolute atomic E-state index is 12.8. The summed E-state index contributed by atoms with van der Waals surface area (Å²) in [5.41, 5.74) is 8.18. The fraction of sp³-hybridized carbons (Fsp3) is 0.459. The smallest absolute Gasteiger partial charge is 0.341 e.